The number of fused-ring (bicyclic) bond motifs is 1. The quantitative estimate of drug-likeness (QED) is 0.195. The lowest BCUT2D eigenvalue weighted by atomic mass is 9.80. The van der Waals surface area contributed by atoms with Crippen molar-refractivity contribution in [1.29, 1.82) is 0 Å². The van der Waals surface area contributed by atoms with Crippen LogP contribution in [0.25, 0.3) is 0 Å². The van der Waals surface area contributed by atoms with Gasteiger partial charge in [-0.2, -0.15) is 0 Å². The van der Waals surface area contributed by atoms with Crippen LogP contribution in [0.5, 0.6) is 11.5 Å². The molecule has 0 unspecified atom stereocenters. The third-order valence-electron chi connectivity index (χ3n) is 9.78. The Morgan fingerprint density at radius 3 is 2.42 bits per heavy atom. The lowest BCUT2D eigenvalue weighted by Crippen LogP contribution is -2.63. The molecule has 2 amide bonds. The van der Waals surface area contributed by atoms with Crippen molar-refractivity contribution in [3.05, 3.63) is 107 Å². The maximum atomic E-state index is 13.6. The minimum atomic E-state index is -1.10. The largest absolute Gasteiger partial charge is 0.490 e. The standard InChI is InChI=1S/C40H49N5O7/c1-27-35(50-26-43-27)25-49-34-11-8-30-21-40(5,45(24-31(30)20-34)38(48)52-39(2,3)4)36(46)22-42-37(47)29-6-9-32(10-7-29)51-33-14-18-44(19-15-33)23-28-12-16-41-17-13-28/h6-13,16-17,20,26,33,36,46H,14-15,18-19,21-25H2,1-5H3,(H,42,47)/t36-,40-/m1/s1. The summed E-state index contributed by atoms with van der Waals surface area (Å²) in [6.45, 7) is 12.2. The molecular weight excluding hydrogens is 662 g/mol. The number of benzene rings is 2. The number of hydrogen-bond acceptors (Lipinski definition) is 10. The van der Waals surface area contributed by atoms with E-state index < -0.39 is 23.3 Å². The van der Waals surface area contributed by atoms with Gasteiger partial charge in [-0.15, -0.1) is 0 Å². The summed E-state index contributed by atoms with van der Waals surface area (Å²) in [4.78, 5) is 39.0. The Morgan fingerprint density at radius 2 is 1.75 bits per heavy atom. The van der Waals surface area contributed by atoms with E-state index in [4.69, 9.17) is 18.6 Å². The summed E-state index contributed by atoms with van der Waals surface area (Å²) in [5, 5.41) is 14.5. The fraction of sp³-hybridized carbons (Fsp3) is 0.450. The van der Waals surface area contributed by atoms with Crippen molar-refractivity contribution in [1.82, 2.24) is 25.1 Å². The third-order valence-corrected chi connectivity index (χ3v) is 9.78. The van der Waals surface area contributed by atoms with E-state index in [9.17, 15) is 14.7 Å². The molecule has 52 heavy (non-hydrogen) atoms. The Hall–Kier alpha value is -4.94. The molecule has 0 aliphatic carbocycles. The molecule has 0 spiro atoms. The molecule has 2 aromatic carbocycles. The number of aryl methyl sites for hydroxylation is 1. The lowest BCUT2D eigenvalue weighted by Gasteiger charge is -2.48. The number of amides is 2. The molecule has 276 valence electrons. The second-order valence-electron chi connectivity index (χ2n) is 14.9. The molecule has 2 N–H and O–H groups in total. The predicted molar refractivity (Wildman–Crippen MR) is 194 cm³/mol. The molecule has 12 heteroatoms. The highest BCUT2D eigenvalue weighted by Gasteiger charge is 2.46. The van der Waals surface area contributed by atoms with Gasteiger partial charge in [-0.1, -0.05) is 6.07 Å². The molecule has 4 aromatic rings. The van der Waals surface area contributed by atoms with E-state index in [2.05, 4.69) is 20.2 Å². The van der Waals surface area contributed by atoms with Gasteiger partial charge in [0.05, 0.1) is 23.9 Å². The van der Waals surface area contributed by atoms with E-state index in [0.717, 1.165) is 49.3 Å². The maximum absolute atomic E-state index is 13.6. The highest BCUT2D eigenvalue weighted by atomic mass is 16.6. The molecular formula is C40H49N5O7. The number of aromatic nitrogens is 2. The van der Waals surface area contributed by atoms with Crippen molar-refractivity contribution in [3.63, 3.8) is 0 Å². The monoisotopic (exact) mass is 711 g/mol. The van der Waals surface area contributed by atoms with Gasteiger partial charge in [0.15, 0.2) is 12.2 Å². The smallest absolute Gasteiger partial charge is 0.411 e. The van der Waals surface area contributed by atoms with Gasteiger partial charge in [0.25, 0.3) is 5.91 Å². The first-order valence-corrected chi connectivity index (χ1v) is 17.8. The number of carbonyl (C=O) groups is 2. The van der Waals surface area contributed by atoms with Crippen LogP contribution in [0.3, 0.4) is 0 Å². The number of rotatable bonds is 11. The van der Waals surface area contributed by atoms with Gasteiger partial charge in [-0.3, -0.25) is 19.6 Å². The second-order valence-corrected chi connectivity index (χ2v) is 14.9. The SMILES string of the molecule is Cc1ncoc1COc1ccc2c(c1)CN(C(=O)OC(C)(C)C)[C@@](C)([C@H](O)CNC(=O)c1ccc(OC3CCN(Cc4ccncc4)CC3)cc1)C2. The summed E-state index contributed by atoms with van der Waals surface area (Å²) in [5.74, 6) is 1.64. The molecule has 12 nitrogen and oxygen atoms in total. The van der Waals surface area contributed by atoms with Crippen LogP contribution in [0.4, 0.5) is 4.79 Å². The number of likely N-dealkylation sites (tertiary alicyclic amines) is 1. The minimum absolute atomic E-state index is 0.0714. The number of oxazole rings is 1. The fourth-order valence-corrected chi connectivity index (χ4v) is 6.67. The number of ether oxygens (including phenoxy) is 3. The van der Waals surface area contributed by atoms with E-state index >= 15 is 0 Å². The van der Waals surface area contributed by atoms with Crippen molar-refractivity contribution in [3.8, 4) is 11.5 Å². The molecule has 2 aliphatic heterocycles. The van der Waals surface area contributed by atoms with Crippen LogP contribution in [0, 0.1) is 6.92 Å². The van der Waals surface area contributed by atoms with Gasteiger partial charge in [0.1, 0.15) is 29.8 Å². The second kappa shape index (κ2) is 15.7. The zero-order chi connectivity index (χ0) is 36.9. The molecule has 2 aromatic heterocycles. The summed E-state index contributed by atoms with van der Waals surface area (Å²) in [5.41, 5.74) is 2.48. The number of piperidine rings is 1. The first-order chi connectivity index (χ1) is 24.9. The molecule has 0 bridgehead atoms. The normalized spacial score (nSPS) is 18.7. The maximum Gasteiger partial charge on any atom is 0.411 e. The van der Waals surface area contributed by atoms with Crippen molar-refractivity contribution in [2.45, 2.75) is 96.9 Å². The van der Waals surface area contributed by atoms with Gasteiger partial charge in [0.2, 0.25) is 0 Å². The van der Waals surface area contributed by atoms with Crippen molar-refractivity contribution < 1.29 is 33.3 Å². The van der Waals surface area contributed by atoms with E-state index in [1.165, 1.54) is 12.0 Å². The van der Waals surface area contributed by atoms with Crippen LogP contribution in [0.15, 0.2) is 77.8 Å². The van der Waals surface area contributed by atoms with Crippen LogP contribution < -0.4 is 14.8 Å². The van der Waals surface area contributed by atoms with E-state index in [-0.39, 0.29) is 31.7 Å². The number of carbonyl (C=O) groups excluding carboxylic acids is 2. The van der Waals surface area contributed by atoms with Crippen LogP contribution in [0.1, 0.15) is 79.0 Å². The molecule has 0 saturated carbocycles. The molecule has 2 atom stereocenters. The Bertz CT molecular complexity index is 1820. The van der Waals surface area contributed by atoms with Crippen LogP contribution in [-0.4, -0.2) is 79.9 Å². The molecule has 2 aliphatic rings. The van der Waals surface area contributed by atoms with Gasteiger partial charge in [-0.05, 0) is 119 Å². The summed E-state index contributed by atoms with van der Waals surface area (Å²) in [7, 11) is 0. The average molecular weight is 712 g/mol. The topological polar surface area (TPSA) is 139 Å². The van der Waals surface area contributed by atoms with Gasteiger partial charge in [0, 0.05) is 44.1 Å². The zero-order valence-corrected chi connectivity index (χ0v) is 30.6. The zero-order valence-electron chi connectivity index (χ0n) is 30.6. The Kier molecular flexibility index (Phi) is 11.2. The number of nitrogens with zero attached hydrogens (tertiary/aromatic N) is 4. The molecule has 6 rings (SSSR count). The summed E-state index contributed by atoms with van der Waals surface area (Å²) >= 11 is 0. The van der Waals surface area contributed by atoms with Crippen molar-refractivity contribution in [2.24, 2.45) is 0 Å². The molecule has 4 heterocycles. The minimum Gasteiger partial charge on any atom is -0.490 e. The van der Waals surface area contributed by atoms with E-state index in [1.807, 2.05) is 68.7 Å². The van der Waals surface area contributed by atoms with Crippen molar-refractivity contribution >= 4 is 12.0 Å². The predicted octanol–water partition coefficient (Wildman–Crippen LogP) is 5.84. The van der Waals surface area contributed by atoms with Gasteiger partial charge < -0.3 is 29.1 Å². The summed E-state index contributed by atoms with van der Waals surface area (Å²) in [6, 6.07) is 16.9. The molecule has 1 fully saturated rings. The third kappa shape index (κ3) is 9.10. The van der Waals surface area contributed by atoms with E-state index in [0.29, 0.717) is 29.2 Å². The highest BCUT2D eigenvalue weighted by molar-refractivity contribution is 5.94. The Morgan fingerprint density at radius 1 is 1.04 bits per heavy atom. The highest BCUT2D eigenvalue weighted by Crippen LogP contribution is 2.36. The summed E-state index contributed by atoms with van der Waals surface area (Å²) in [6.07, 6.45) is 5.68. The number of nitrogens with one attached hydrogen (secondary N) is 1. The van der Waals surface area contributed by atoms with Crippen LogP contribution in [-0.2, 0) is 30.9 Å². The lowest BCUT2D eigenvalue weighted by molar-refractivity contribution is -0.0496. The Balaban J connectivity index is 1.05. The molecule has 1 saturated heterocycles. The number of aliphatic hydroxyl groups excluding tert-OH is 1. The summed E-state index contributed by atoms with van der Waals surface area (Å²) < 4.78 is 23.4. The van der Waals surface area contributed by atoms with Crippen LogP contribution >= 0.6 is 0 Å². The Labute approximate surface area is 305 Å². The van der Waals surface area contributed by atoms with Crippen LogP contribution in [0.2, 0.25) is 0 Å². The molecule has 0 radical (unpaired) electrons. The number of pyridine rings is 1. The first-order valence-electron chi connectivity index (χ1n) is 17.8. The van der Waals surface area contributed by atoms with Crippen molar-refractivity contribution in [2.75, 3.05) is 19.6 Å². The van der Waals surface area contributed by atoms with Gasteiger partial charge >= 0.3 is 6.09 Å². The number of hydrogen-bond donors (Lipinski definition) is 2. The van der Waals surface area contributed by atoms with Gasteiger partial charge in [-0.25, -0.2) is 9.78 Å². The fourth-order valence-electron chi connectivity index (χ4n) is 6.67. The first kappa shape index (κ1) is 36.8. The van der Waals surface area contributed by atoms with E-state index in [1.54, 1.807) is 37.8 Å². The average Bonchev–Trinajstić information content (AvgIpc) is 3.54. The number of aliphatic hydroxyl groups is 1.